The van der Waals surface area contributed by atoms with Gasteiger partial charge in [-0.15, -0.1) is 0 Å². The van der Waals surface area contributed by atoms with Crippen molar-refractivity contribution < 1.29 is 9.30 Å². The summed E-state index contributed by atoms with van der Waals surface area (Å²) < 4.78 is 13.4. The van der Waals surface area contributed by atoms with Gasteiger partial charge in [0.1, 0.15) is 23.0 Å². The average Bonchev–Trinajstić information content (AvgIpc) is 3.51. The standard InChI is InChI=1S/C38H39N4OSi/c1-38(2,3)26-18-19-39-37(20-26)42-33-13-9-8-12-31(33)32-17-16-28(24-36(32)42)43-29-21-27(22-30(23-29)44(5,6)7)41-25-40(4)34-14-10-11-15-35(34)41/h8-25H,1-7H3/q+1. The van der Waals surface area contributed by atoms with Crippen LogP contribution < -0.4 is 14.5 Å². The summed E-state index contributed by atoms with van der Waals surface area (Å²) in [5, 5.41) is 3.73. The highest BCUT2D eigenvalue weighted by Gasteiger charge is 2.23. The Morgan fingerprint density at radius 2 is 1.45 bits per heavy atom. The number of hydrogen-bond acceptors (Lipinski definition) is 2. The molecule has 0 radical (unpaired) electrons. The molecule has 0 fully saturated rings. The molecule has 7 aromatic rings. The first-order valence-corrected chi connectivity index (χ1v) is 18.8. The molecular formula is C38H39N4OSi+. The third-order valence-electron chi connectivity index (χ3n) is 8.57. The Balaban J connectivity index is 1.38. The summed E-state index contributed by atoms with van der Waals surface area (Å²) in [7, 11) is 0.437. The third kappa shape index (κ3) is 4.89. The molecule has 0 saturated heterocycles. The molecule has 0 aliphatic rings. The lowest BCUT2D eigenvalue weighted by Gasteiger charge is -2.20. The van der Waals surface area contributed by atoms with Crippen molar-refractivity contribution in [3.63, 3.8) is 0 Å². The lowest BCUT2D eigenvalue weighted by molar-refractivity contribution is -0.645. The Morgan fingerprint density at radius 1 is 0.727 bits per heavy atom. The maximum Gasteiger partial charge on any atom is 0.249 e. The Kier molecular flexibility index (Phi) is 6.52. The fraction of sp³-hybridized carbons (Fsp3) is 0.211. The summed E-state index contributed by atoms with van der Waals surface area (Å²) in [5.41, 5.74) is 6.95. The van der Waals surface area contributed by atoms with Gasteiger partial charge in [-0.1, -0.05) is 75.9 Å². The van der Waals surface area contributed by atoms with Gasteiger partial charge in [-0.3, -0.25) is 4.57 Å². The largest absolute Gasteiger partial charge is 0.457 e. The van der Waals surface area contributed by atoms with Gasteiger partial charge in [-0.2, -0.15) is 4.57 Å². The molecule has 0 aliphatic heterocycles. The second-order valence-corrected chi connectivity index (χ2v) is 18.9. The Bertz CT molecular complexity index is 2190. The summed E-state index contributed by atoms with van der Waals surface area (Å²) in [6.45, 7) is 13.9. The summed E-state index contributed by atoms with van der Waals surface area (Å²) in [5.74, 6) is 2.56. The molecule has 6 heteroatoms. The zero-order chi connectivity index (χ0) is 30.8. The van der Waals surface area contributed by atoms with E-state index in [1.54, 1.807) is 0 Å². The molecule has 3 heterocycles. The van der Waals surface area contributed by atoms with E-state index in [0.717, 1.165) is 34.0 Å². The van der Waals surface area contributed by atoms with Crippen molar-refractivity contribution >= 4 is 46.1 Å². The highest BCUT2D eigenvalue weighted by Crippen LogP contribution is 2.36. The third-order valence-corrected chi connectivity index (χ3v) is 10.6. The van der Waals surface area contributed by atoms with E-state index in [2.05, 4.69) is 165 Å². The van der Waals surface area contributed by atoms with Crippen LogP contribution in [0.2, 0.25) is 19.6 Å². The second-order valence-electron chi connectivity index (χ2n) is 13.8. The van der Waals surface area contributed by atoms with Crippen molar-refractivity contribution in [3.8, 4) is 23.0 Å². The summed E-state index contributed by atoms with van der Waals surface area (Å²) in [6, 6.07) is 34.5. The van der Waals surface area contributed by atoms with E-state index >= 15 is 0 Å². The summed E-state index contributed by atoms with van der Waals surface area (Å²) in [6.07, 6.45) is 4.08. The molecule has 0 atom stereocenters. The molecule has 4 aromatic carbocycles. The maximum atomic E-state index is 6.74. The van der Waals surface area contributed by atoms with E-state index in [1.165, 1.54) is 32.6 Å². The zero-order valence-electron chi connectivity index (χ0n) is 26.6. The zero-order valence-corrected chi connectivity index (χ0v) is 27.6. The van der Waals surface area contributed by atoms with E-state index in [4.69, 9.17) is 9.72 Å². The molecule has 0 spiro atoms. The van der Waals surface area contributed by atoms with Crippen LogP contribution in [0.15, 0.2) is 110 Å². The number of fused-ring (bicyclic) bond motifs is 4. The molecule has 0 aliphatic carbocycles. The Morgan fingerprint density at radius 3 is 2.23 bits per heavy atom. The van der Waals surface area contributed by atoms with Crippen LogP contribution in [0.4, 0.5) is 0 Å². The number of para-hydroxylation sites is 3. The summed E-state index contributed by atoms with van der Waals surface area (Å²) in [4.78, 5) is 4.84. The second kappa shape index (κ2) is 10.2. The smallest absolute Gasteiger partial charge is 0.249 e. The lowest BCUT2D eigenvalue weighted by Crippen LogP contribution is -2.37. The van der Waals surface area contributed by atoms with Crippen LogP contribution in [0.25, 0.3) is 44.3 Å². The molecule has 3 aromatic heterocycles. The quantitative estimate of drug-likeness (QED) is 0.148. The molecule has 0 bridgehead atoms. The number of ether oxygens (including phenoxy) is 1. The van der Waals surface area contributed by atoms with Crippen LogP contribution in [0.1, 0.15) is 26.3 Å². The minimum atomic E-state index is -1.66. The van der Waals surface area contributed by atoms with Gasteiger partial charge in [-0.05, 0) is 65.6 Å². The van der Waals surface area contributed by atoms with Crippen LogP contribution in [0, 0.1) is 0 Å². The number of aromatic nitrogens is 4. The fourth-order valence-corrected chi connectivity index (χ4v) is 7.24. The Hall–Kier alpha value is -4.68. The van der Waals surface area contributed by atoms with Crippen LogP contribution in [0.3, 0.4) is 0 Å². The normalized spacial score (nSPS) is 12.4. The van der Waals surface area contributed by atoms with Gasteiger partial charge in [-0.25, -0.2) is 9.55 Å². The van der Waals surface area contributed by atoms with Crippen molar-refractivity contribution in [2.24, 2.45) is 7.05 Å². The number of hydrogen-bond donors (Lipinski definition) is 0. The SMILES string of the molecule is C[n+]1cn(-c2cc(Oc3ccc4c5ccccc5n(-c5cc(C(C)(C)C)ccn5)c4c3)cc([Si](C)(C)C)c2)c2ccccc21. The van der Waals surface area contributed by atoms with E-state index in [1.807, 2.05) is 6.20 Å². The molecule has 220 valence electrons. The number of nitrogens with zero attached hydrogens (tertiary/aromatic N) is 4. The van der Waals surface area contributed by atoms with Gasteiger partial charge in [0.15, 0.2) is 11.0 Å². The monoisotopic (exact) mass is 595 g/mol. The number of imidazole rings is 1. The maximum absolute atomic E-state index is 6.74. The summed E-state index contributed by atoms with van der Waals surface area (Å²) >= 11 is 0. The van der Waals surface area contributed by atoms with Gasteiger partial charge in [0.05, 0.1) is 26.2 Å². The molecule has 0 N–H and O–H groups in total. The fourth-order valence-electron chi connectivity index (χ4n) is 6.09. The van der Waals surface area contributed by atoms with E-state index in [0.29, 0.717) is 0 Å². The minimum Gasteiger partial charge on any atom is -0.457 e. The van der Waals surface area contributed by atoms with Gasteiger partial charge < -0.3 is 4.74 Å². The van der Waals surface area contributed by atoms with Crippen molar-refractivity contribution in [2.45, 2.75) is 45.8 Å². The number of benzene rings is 4. The first kappa shape index (κ1) is 28.1. The van der Waals surface area contributed by atoms with E-state index < -0.39 is 8.07 Å². The van der Waals surface area contributed by atoms with Gasteiger partial charge in [0, 0.05) is 29.1 Å². The van der Waals surface area contributed by atoms with Crippen molar-refractivity contribution in [3.05, 3.63) is 115 Å². The van der Waals surface area contributed by atoms with Crippen LogP contribution in [0.5, 0.6) is 11.5 Å². The minimum absolute atomic E-state index is 0.0197. The van der Waals surface area contributed by atoms with Crippen LogP contribution in [-0.4, -0.2) is 22.2 Å². The van der Waals surface area contributed by atoms with Crippen LogP contribution in [-0.2, 0) is 12.5 Å². The molecule has 0 amide bonds. The predicted octanol–water partition coefficient (Wildman–Crippen LogP) is 8.58. The van der Waals surface area contributed by atoms with Gasteiger partial charge >= 0.3 is 0 Å². The molecule has 0 saturated carbocycles. The van der Waals surface area contributed by atoms with Crippen LogP contribution >= 0.6 is 0 Å². The topological polar surface area (TPSA) is 35.9 Å². The van der Waals surface area contributed by atoms with Crippen molar-refractivity contribution in [2.75, 3.05) is 0 Å². The highest BCUT2D eigenvalue weighted by atomic mass is 28.3. The molecule has 5 nitrogen and oxygen atoms in total. The number of rotatable bonds is 5. The Labute approximate surface area is 260 Å². The molecule has 7 rings (SSSR count). The molecular weight excluding hydrogens is 557 g/mol. The first-order chi connectivity index (χ1) is 21.0. The lowest BCUT2D eigenvalue weighted by atomic mass is 9.88. The highest BCUT2D eigenvalue weighted by molar-refractivity contribution is 6.88. The van der Waals surface area contributed by atoms with Crippen molar-refractivity contribution in [1.29, 1.82) is 0 Å². The van der Waals surface area contributed by atoms with Gasteiger partial charge in [0.2, 0.25) is 6.33 Å². The van der Waals surface area contributed by atoms with Gasteiger partial charge in [0.25, 0.3) is 0 Å². The first-order valence-electron chi connectivity index (χ1n) is 15.3. The number of pyridine rings is 1. The number of aryl methyl sites for hydroxylation is 1. The van der Waals surface area contributed by atoms with Crippen molar-refractivity contribution in [1.82, 2.24) is 14.1 Å². The molecule has 44 heavy (non-hydrogen) atoms. The van der Waals surface area contributed by atoms with E-state index in [9.17, 15) is 0 Å². The molecule has 0 unspecified atom stereocenters. The predicted molar refractivity (Wildman–Crippen MR) is 185 cm³/mol. The average molecular weight is 596 g/mol. The van der Waals surface area contributed by atoms with E-state index in [-0.39, 0.29) is 5.41 Å².